The normalized spacial score (nSPS) is 10.9. The Morgan fingerprint density at radius 3 is 3.10 bits per heavy atom. The average Bonchev–Trinajstić information content (AvgIpc) is 2.96. The minimum Gasteiger partial charge on any atom is -0.493 e. The van der Waals surface area contributed by atoms with E-state index in [1.54, 1.807) is 18.1 Å². The topological polar surface area (TPSA) is 89.7 Å². The zero-order chi connectivity index (χ0) is 14.5. The molecule has 21 heavy (non-hydrogen) atoms. The molecular weight excluding hydrogens is 286 g/mol. The van der Waals surface area contributed by atoms with Crippen molar-refractivity contribution in [2.75, 3.05) is 18.1 Å². The van der Waals surface area contributed by atoms with E-state index in [0.29, 0.717) is 17.9 Å². The third-order valence-electron chi connectivity index (χ3n) is 2.84. The van der Waals surface area contributed by atoms with Gasteiger partial charge < -0.3 is 15.5 Å². The van der Waals surface area contributed by atoms with Gasteiger partial charge in [0, 0.05) is 17.5 Å². The number of aromatic nitrogens is 4. The van der Waals surface area contributed by atoms with Crippen molar-refractivity contribution in [3.8, 4) is 5.75 Å². The summed E-state index contributed by atoms with van der Waals surface area (Å²) in [6.45, 7) is 0.646. The Morgan fingerprint density at radius 1 is 1.24 bits per heavy atom. The quantitative estimate of drug-likeness (QED) is 0.315. The predicted molar refractivity (Wildman–Crippen MR) is 83.4 cm³/mol. The molecule has 0 fully saturated rings. The summed E-state index contributed by atoms with van der Waals surface area (Å²) in [6, 6.07) is 7.45. The Hall–Kier alpha value is -2.28. The molecule has 3 aromatic rings. The molecule has 0 unspecified atom stereocenters. The van der Waals surface area contributed by atoms with Crippen molar-refractivity contribution in [3.05, 3.63) is 36.9 Å². The monoisotopic (exact) mass is 301 g/mol. The van der Waals surface area contributed by atoms with Gasteiger partial charge >= 0.3 is 0 Å². The first-order valence-electron chi connectivity index (χ1n) is 6.58. The van der Waals surface area contributed by atoms with Crippen LogP contribution in [-0.4, -0.2) is 32.3 Å². The zero-order valence-corrected chi connectivity index (χ0v) is 12.1. The third kappa shape index (κ3) is 3.43. The molecule has 0 atom stereocenters. The molecule has 0 radical (unpaired) electrons. The minimum atomic E-state index is 0.646. The number of nitrogens with zero attached hydrogens (tertiary/aromatic N) is 3. The van der Waals surface area contributed by atoms with E-state index in [4.69, 9.17) is 10.5 Å². The maximum atomic E-state index is 5.70. The number of H-pyrrole nitrogens is 1. The van der Waals surface area contributed by atoms with Crippen LogP contribution >= 0.6 is 11.8 Å². The summed E-state index contributed by atoms with van der Waals surface area (Å²) < 4.78 is 5.65. The van der Waals surface area contributed by atoms with Crippen LogP contribution in [0.3, 0.4) is 0 Å². The third-order valence-corrected chi connectivity index (χ3v) is 3.92. The first-order valence-corrected chi connectivity index (χ1v) is 7.57. The SMILES string of the molecule is Nc1cccc(OCCCSc2ncnc3nc[nH]c23)c1. The molecular formula is C14H15N5OS. The molecule has 0 amide bonds. The number of rotatable bonds is 6. The van der Waals surface area contributed by atoms with Crippen LogP contribution in [0, 0.1) is 0 Å². The van der Waals surface area contributed by atoms with Gasteiger partial charge in [0.1, 0.15) is 22.6 Å². The minimum absolute atomic E-state index is 0.646. The molecule has 3 N–H and O–H groups in total. The van der Waals surface area contributed by atoms with Gasteiger partial charge in [-0.15, -0.1) is 11.8 Å². The Bertz CT molecular complexity index is 730. The molecule has 0 saturated carbocycles. The van der Waals surface area contributed by atoms with Crippen molar-refractivity contribution in [1.29, 1.82) is 0 Å². The van der Waals surface area contributed by atoms with Crippen molar-refractivity contribution in [2.45, 2.75) is 11.4 Å². The van der Waals surface area contributed by atoms with E-state index in [-0.39, 0.29) is 0 Å². The predicted octanol–water partition coefficient (Wildman–Crippen LogP) is 2.50. The fourth-order valence-electron chi connectivity index (χ4n) is 1.87. The van der Waals surface area contributed by atoms with Crippen LogP contribution in [0.4, 0.5) is 5.69 Å². The summed E-state index contributed by atoms with van der Waals surface area (Å²) in [5, 5.41) is 0.918. The highest BCUT2D eigenvalue weighted by molar-refractivity contribution is 7.99. The van der Waals surface area contributed by atoms with E-state index in [1.807, 2.05) is 24.3 Å². The second-order valence-electron chi connectivity index (χ2n) is 4.40. The van der Waals surface area contributed by atoms with Crippen molar-refractivity contribution in [1.82, 2.24) is 19.9 Å². The lowest BCUT2D eigenvalue weighted by Crippen LogP contribution is -1.99. The van der Waals surface area contributed by atoms with Gasteiger partial charge in [-0.3, -0.25) is 0 Å². The lowest BCUT2D eigenvalue weighted by molar-refractivity contribution is 0.319. The van der Waals surface area contributed by atoms with Crippen molar-refractivity contribution in [3.63, 3.8) is 0 Å². The second-order valence-corrected chi connectivity index (χ2v) is 5.49. The van der Waals surface area contributed by atoms with E-state index in [2.05, 4.69) is 19.9 Å². The molecule has 0 spiro atoms. The first-order chi connectivity index (χ1) is 10.3. The Balaban J connectivity index is 1.47. The van der Waals surface area contributed by atoms with Crippen LogP contribution in [0.25, 0.3) is 11.2 Å². The molecule has 0 bridgehead atoms. The molecule has 3 rings (SSSR count). The van der Waals surface area contributed by atoms with Crippen LogP contribution in [0.1, 0.15) is 6.42 Å². The van der Waals surface area contributed by atoms with Gasteiger partial charge in [0.25, 0.3) is 0 Å². The van der Waals surface area contributed by atoms with Crippen LogP contribution in [0.2, 0.25) is 0 Å². The number of hydrogen-bond donors (Lipinski definition) is 2. The number of nitrogen functional groups attached to an aromatic ring is 1. The van der Waals surface area contributed by atoms with Crippen LogP contribution in [-0.2, 0) is 0 Å². The lowest BCUT2D eigenvalue weighted by atomic mass is 10.3. The largest absolute Gasteiger partial charge is 0.493 e. The summed E-state index contributed by atoms with van der Waals surface area (Å²) in [7, 11) is 0. The van der Waals surface area contributed by atoms with Crippen LogP contribution in [0.5, 0.6) is 5.75 Å². The highest BCUT2D eigenvalue weighted by atomic mass is 32.2. The molecule has 7 heteroatoms. The van der Waals surface area contributed by atoms with Gasteiger partial charge in [-0.25, -0.2) is 15.0 Å². The van der Waals surface area contributed by atoms with Gasteiger partial charge in [0.2, 0.25) is 0 Å². The second kappa shape index (κ2) is 6.45. The molecule has 0 aliphatic heterocycles. The van der Waals surface area contributed by atoms with Crippen LogP contribution < -0.4 is 10.5 Å². The molecule has 0 aliphatic rings. The summed E-state index contributed by atoms with van der Waals surface area (Å²) in [6.07, 6.45) is 4.08. The van der Waals surface area contributed by atoms with E-state index < -0.39 is 0 Å². The number of nitrogens with two attached hydrogens (primary N) is 1. The highest BCUT2D eigenvalue weighted by Crippen LogP contribution is 2.22. The fourth-order valence-corrected chi connectivity index (χ4v) is 2.75. The molecule has 0 saturated heterocycles. The number of benzene rings is 1. The molecule has 108 valence electrons. The smallest absolute Gasteiger partial charge is 0.181 e. The number of fused-ring (bicyclic) bond motifs is 1. The van der Waals surface area contributed by atoms with Crippen molar-refractivity contribution in [2.24, 2.45) is 0 Å². The van der Waals surface area contributed by atoms with Gasteiger partial charge in [0.05, 0.1) is 12.9 Å². The average molecular weight is 301 g/mol. The van der Waals surface area contributed by atoms with Gasteiger partial charge in [-0.1, -0.05) is 6.07 Å². The Kier molecular flexibility index (Phi) is 4.20. The maximum absolute atomic E-state index is 5.70. The first kappa shape index (κ1) is 13.7. The molecule has 1 aromatic carbocycles. The fraction of sp³-hybridized carbons (Fsp3) is 0.214. The molecule has 6 nitrogen and oxygen atoms in total. The van der Waals surface area contributed by atoms with Crippen molar-refractivity contribution < 1.29 is 4.74 Å². The van der Waals surface area contributed by atoms with Gasteiger partial charge in [0.15, 0.2) is 5.65 Å². The molecule has 2 aromatic heterocycles. The molecule has 2 heterocycles. The Morgan fingerprint density at radius 2 is 2.19 bits per heavy atom. The summed E-state index contributed by atoms with van der Waals surface area (Å²) in [5.74, 6) is 1.71. The zero-order valence-electron chi connectivity index (χ0n) is 11.3. The lowest BCUT2D eigenvalue weighted by Gasteiger charge is -2.06. The summed E-state index contributed by atoms with van der Waals surface area (Å²) in [4.78, 5) is 15.5. The van der Waals surface area contributed by atoms with Gasteiger partial charge in [-0.05, 0) is 18.6 Å². The Labute approximate surface area is 126 Å². The van der Waals surface area contributed by atoms with Crippen molar-refractivity contribution >= 4 is 28.6 Å². The number of aromatic amines is 1. The maximum Gasteiger partial charge on any atom is 0.181 e. The summed E-state index contributed by atoms with van der Waals surface area (Å²) >= 11 is 1.67. The number of hydrogen-bond acceptors (Lipinski definition) is 6. The number of thioether (sulfide) groups is 1. The van der Waals surface area contributed by atoms with E-state index in [1.165, 1.54) is 6.33 Å². The number of ether oxygens (including phenoxy) is 1. The highest BCUT2D eigenvalue weighted by Gasteiger charge is 2.05. The number of anilines is 1. The van der Waals surface area contributed by atoms with E-state index >= 15 is 0 Å². The number of nitrogens with one attached hydrogen (secondary N) is 1. The van der Waals surface area contributed by atoms with E-state index in [9.17, 15) is 0 Å². The standard InChI is InChI=1S/C14H15N5OS/c15-10-3-1-4-11(7-10)20-5-2-6-21-14-12-13(17-8-16-12)18-9-19-14/h1,3-4,7-9H,2,5-6,15H2,(H,16,17,18,19). The summed E-state index contributed by atoms with van der Waals surface area (Å²) in [5.41, 5.74) is 8.00. The number of imidazole rings is 1. The van der Waals surface area contributed by atoms with Crippen LogP contribution in [0.15, 0.2) is 41.9 Å². The van der Waals surface area contributed by atoms with E-state index in [0.717, 1.165) is 28.5 Å². The van der Waals surface area contributed by atoms with Gasteiger partial charge in [-0.2, -0.15) is 0 Å². The molecule has 0 aliphatic carbocycles.